The number of hydrogen-bond acceptors (Lipinski definition) is 9. The molecule has 11 nitrogen and oxygen atoms in total. The molecule has 1 aromatic rings. The number of carbonyl (C=O) groups is 4. The van der Waals surface area contributed by atoms with Crippen molar-refractivity contribution in [2.75, 3.05) is 44.8 Å². The van der Waals surface area contributed by atoms with Crippen LogP contribution in [0.3, 0.4) is 0 Å². The first-order valence-corrected chi connectivity index (χ1v) is 9.61. The van der Waals surface area contributed by atoms with Crippen molar-refractivity contribution >= 4 is 29.3 Å². The van der Waals surface area contributed by atoms with Crippen LogP contribution in [0.4, 0.5) is 5.69 Å². The molecule has 2 aliphatic rings. The first-order valence-electron chi connectivity index (χ1n) is 9.61. The molecule has 0 spiro atoms. The summed E-state index contributed by atoms with van der Waals surface area (Å²) in [6, 6.07) is 3.90. The van der Waals surface area contributed by atoms with Crippen molar-refractivity contribution in [3.05, 3.63) is 29.3 Å². The molecule has 2 heterocycles. The minimum Gasteiger partial charge on any atom is -0.382 e. The molecule has 0 radical (unpaired) electrons. The van der Waals surface area contributed by atoms with E-state index in [-0.39, 0.29) is 24.0 Å². The van der Waals surface area contributed by atoms with E-state index >= 15 is 0 Å². The predicted molar refractivity (Wildman–Crippen MR) is 103 cm³/mol. The molecular formula is C19H23N5O6. The molecule has 1 aromatic carbocycles. The van der Waals surface area contributed by atoms with Crippen molar-refractivity contribution in [1.82, 2.24) is 10.2 Å². The van der Waals surface area contributed by atoms with Gasteiger partial charge in [-0.1, -0.05) is 6.07 Å². The summed E-state index contributed by atoms with van der Waals surface area (Å²) in [7, 11) is 0. The molecule has 1 unspecified atom stereocenters. The summed E-state index contributed by atoms with van der Waals surface area (Å²) in [6.45, 7) is 2.23. The van der Waals surface area contributed by atoms with Crippen LogP contribution >= 0.6 is 0 Å². The highest BCUT2D eigenvalue weighted by Crippen LogP contribution is 2.32. The van der Waals surface area contributed by atoms with Crippen LogP contribution in [-0.4, -0.2) is 74.1 Å². The van der Waals surface area contributed by atoms with Gasteiger partial charge in [0.25, 0.3) is 11.8 Å². The van der Waals surface area contributed by atoms with E-state index in [2.05, 4.69) is 15.7 Å². The summed E-state index contributed by atoms with van der Waals surface area (Å²) in [6.07, 6.45) is 0.193. The minimum absolute atomic E-state index is 0.0772. The summed E-state index contributed by atoms with van der Waals surface area (Å²) in [5.41, 5.74) is 7.57. The minimum atomic E-state index is -0.992. The monoisotopic (exact) mass is 417 g/mol. The molecule has 2 aliphatic heterocycles. The smallest absolute Gasteiger partial charge is 0.264 e. The molecule has 11 heteroatoms. The van der Waals surface area contributed by atoms with Gasteiger partial charge < -0.3 is 14.8 Å². The van der Waals surface area contributed by atoms with Crippen molar-refractivity contribution in [2.24, 2.45) is 5.11 Å². The van der Waals surface area contributed by atoms with Gasteiger partial charge in [0.2, 0.25) is 11.8 Å². The van der Waals surface area contributed by atoms with E-state index in [0.717, 1.165) is 4.90 Å². The van der Waals surface area contributed by atoms with Gasteiger partial charge in [-0.25, -0.2) is 5.53 Å². The first kappa shape index (κ1) is 21.5. The van der Waals surface area contributed by atoms with Gasteiger partial charge >= 0.3 is 0 Å². The van der Waals surface area contributed by atoms with Crippen LogP contribution in [0.25, 0.3) is 0 Å². The molecular weight excluding hydrogens is 394 g/mol. The molecule has 160 valence electrons. The molecule has 1 atom stereocenters. The van der Waals surface area contributed by atoms with E-state index in [0.29, 0.717) is 45.2 Å². The highest BCUT2D eigenvalue weighted by atomic mass is 16.5. The molecule has 4 amide bonds. The number of nitrogens with one attached hydrogen (secondary N) is 3. The molecule has 1 fully saturated rings. The SMILES string of the molecule is N=NCCOCCOCCNc1cccc2c1C(=O)N(C1CCC(=O)NC1=O)C2=O. The summed E-state index contributed by atoms with van der Waals surface area (Å²) >= 11 is 0. The summed E-state index contributed by atoms with van der Waals surface area (Å²) in [4.78, 5) is 50.2. The maximum atomic E-state index is 12.9. The number of piperidine rings is 1. The Morgan fingerprint density at radius 2 is 1.87 bits per heavy atom. The molecule has 0 saturated carbocycles. The second kappa shape index (κ2) is 10.0. The lowest BCUT2D eigenvalue weighted by Gasteiger charge is -2.27. The number of carbonyl (C=O) groups excluding carboxylic acids is 4. The Bertz CT molecular complexity index is 858. The van der Waals surface area contributed by atoms with E-state index in [1.165, 1.54) is 0 Å². The number of benzene rings is 1. The van der Waals surface area contributed by atoms with Gasteiger partial charge in [-0.2, -0.15) is 5.11 Å². The molecule has 0 bridgehead atoms. The average molecular weight is 417 g/mol. The van der Waals surface area contributed by atoms with Gasteiger partial charge in [0.05, 0.1) is 44.1 Å². The number of imide groups is 2. The quantitative estimate of drug-likeness (QED) is 0.270. The number of ether oxygens (including phenoxy) is 2. The van der Waals surface area contributed by atoms with Crippen LogP contribution in [0.2, 0.25) is 0 Å². The number of amides is 4. The highest BCUT2D eigenvalue weighted by Gasteiger charge is 2.45. The maximum absolute atomic E-state index is 12.9. The third-order valence-corrected chi connectivity index (χ3v) is 4.75. The van der Waals surface area contributed by atoms with E-state index < -0.39 is 29.7 Å². The zero-order chi connectivity index (χ0) is 21.5. The summed E-state index contributed by atoms with van der Waals surface area (Å²) < 4.78 is 10.6. The van der Waals surface area contributed by atoms with Gasteiger partial charge in [0, 0.05) is 18.7 Å². The Labute approximate surface area is 172 Å². The van der Waals surface area contributed by atoms with E-state index in [4.69, 9.17) is 15.0 Å². The largest absolute Gasteiger partial charge is 0.382 e. The zero-order valence-electron chi connectivity index (χ0n) is 16.3. The lowest BCUT2D eigenvalue weighted by Crippen LogP contribution is -2.54. The third-order valence-electron chi connectivity index (χ3n) is 4.75. The van der Waals surface area contributed by atoms with Crippen molar-refractivity contribution in [3.8, 4) is 0 Å². The Kier molecular flexibility index (Phi) is 7.20. The van der Waals surface area contributed by atoms with Gasteiger partial charge in [0.15, 0.2) is 0 Å². The zero-order valence-corrected chi connectivity index (χ0v) is 16.3. The van der Waals surface area contributed by atoms with Gasteiger partial charge in [-0.15, -0.1) is 0 Å². The normalized spacial score (nSPS) is 18.4. The molecule has 1 saturated heterocycles. The van der Waals surface area contributed by atoms with Crippen LogP contribution in [0, 0.1) is 5.53 Å². The highest BCUT2D eigenvalue weighted by molar-refractivity contribution is 6.25. The topological polar surface area (TPSA) is 150 Å². The number of nitrogens with zero attached hydrogens (tertiary/aromatic N) is 2. The summed E-state index contributed by atoms with van der Waals surface area (Å²) in [5, 5.41) is 8.45. The van der Waals surface area contributed by atoms with Crippen LogP contribution in [0.15, 0.2) is 23.3 Å². The predicted octanol–water partition coefficient (Wildman–Crippen LogP) is 0.564. The van der Waals surface area contributed by atoms with Crippen LogP contribution in [-0.2, 0) is 19.1 Å². The standard InChI is InChI=1S/C19H23N5O6/c20-22-7-9-30-11-10-29-8-6-21-13-3-1-2-12-16(13)19(28)24(18(12)27)14-4-5-15(25)23-17(14)26/h1-3,14,20-21H,4-11H2,(H,23,25,26). The Hall–Kier alpha value is -3.18. The average Bonchev–Trinajstić information content (AvgIpc) is 2.98. The Morgan fingerprint density at radius 1 is 1.10 bits per heavy atom. The van der Waals surface area contributed by atoms with Gasteiger partial charge in [0.1, 0.15) is 6.04 Å². The first-order chi connectivity index (χ1) is 14.5. The molecule has 3 rings (SSSR count). The Morgan fingerprint density at radius 3 is 2.60 bits per heavy atom. The fraction of sp³-hybridized carbons (Fsp3) is 0.474. The molecule has 0 aliphatic carbocycles. The van der Waals surface area contributed by atoms with Crippen LogP contribution in [0.1, 0.15) is 33.6 Å². The van der Waals surface area contributed by atoms with Crippen LogP contribution < -0.4 is 10.6 Å². The van der Waals surface area contributed by atoms with Gasteiger partial charge in [-0.05, 0) is 18.6 Å². The van der Waals surface area contributed by atoms with Crippen LogP contribution in [0.5, 0.6) is 0 Å². The number of hydrogen-bond donors (Lipinski definition) is 3. The number of anilines is 1. The third kappa shape index (κ3) is 4.69. The fourth-order valence-corrected chi connectivity index (χ4v) is 3.35. The maximum Gasteiger partial charge on any atom is 0.264 e. The Balaban J connectivity index is 1.57. The number of rotatable bonds is 11. The lowest BCUT2D eigenvalue weighted by molar-refractivity contribution is -0.136. The van der Waals surface area contributed by atoms with Gasteiger partial charge in [-0.3, -0.25) is 29.4 Å². The van der Waals surface area contributed by atoms with Crippen molar-refractivity contribution in [1.29, 1.82) is 5.53 Å². The second-order valence-electron chi connectivity index (χ2n) is 6.71. The lowest BCUT2D eigenvalue weighted by atomic mass is 10.0. The van der Waals surface area contributed by atoms with Crippen molar-refractivity contribution in [2.45, 2.75) is 18.9 Å². The molecule has 30 heavy (non-hydrogen) atoms. The number of fused-ring (bicyclic) bond motifs is 1. The van der Waals surface area contributed by atoms with Crippen molar-refractivity contribution in [3.63, 3.8) is 0 Å². The van der Waals surface area contributed by atoms with E-state index in [1.54, 1.807) is 18.2 Å². The van der Waals surface area contributed by atoms with E-state index in [1.807, 2.05) is 0 Å². The van der Waals surface area contributed by atoms with Crippen molar-refractivity contribution < 1.29 is 28.7 Å². The van der Waals surface area contributed by atoms with E-state index in [9.17, 15) is 19.2 Å². The fourth-order valence-electron chi connectivity index (χ4n) is 3.35. The summed E-state index contributed by atoms with van der Waals surface area (Å²) in [5.74, 6) is -2.14. The molecule has 0 aromatic heterocycles. The second-order valence-corrected chi connectivity index (χ2v) is 6.71. The molecule has 3 N–H and O–H groups in total.